The van der Waals surface area contributed by atoms with Crippen LogP contribution in [0, 0.1) is 0 Å². The molecular formula is C10H11ClO2. The van der Waals surface area contributed by atoms with Crippen molar-refractivity contribution in [1.82, 2.24) is 0 Å². The van der Waals surface area contributed by atoms with Gasteiger partial charge in [0.15, 0.2) is 0 Å². The topological polar surface area (TPSA) is 18.5 Å². The van der Waals surface area contributed by atoms with E-state index in [1.54, 1.807) is 14.2 Å². The van der Waals surface area contributed by atoms with Gasteiger partial charge in [-0.25, -0.2) is 0 Å². The van der Waals surface area contributed by atoms with E-state index in [4.69, 9.17) is 21.1 Å². The maximum absolute atomic E-state index is 5.56. The minimum Gasteiger partial charge on any atom is -0.497 e. The van der Waals surface area contributed by atoms with E-state index in [1.165, 1.54) is 5.54 Å². The average Bonchev–Trinajstić information content (AvgIpc) is 2.21. The molecule has 0 N–H and O–H groups in total. The SMILES string of the molecule is CO/C(=C/Cl)c1ccc(OC)cc1. The highest BCUT2D eigenvalue weighted by molar-refractivity contribution is 6.27. The molecule has 0 saturated heterocycles. The Balaban J connectivity index is 2.91. The van der Waals surface area contributed by atoms with Crippen molar-refractivity contribution in [2.45, 2.75) is 0 Å². The Bertz CT molecular complexity index is 290. The summed E-state index contributed by atoms with van der Waals surface area (Å²) in [6.07, 6.45) is 0. The molecule has 0 fully saturated rings. The van der Waals surface area contributed by atoms with Gasteiger partial charge in [-0.15, -0.1) is 0 Å². The van der Waals surface area contributed by atoms with Crippen molar-refractivity contribution in [2.75, 3.05) is 14.2 Å². The van der Waals surface area contributed by atoms with Gasteiger partial charge in [-0.1, -0.05) is 11.6 Å². The third-order valence-corrected chi connectivity index (χ3v) is 1.89. The lowest BCUT2D eigenvalue weighted by atomic mass is 10.2. The molecule has 0 atom stereocenters. The molecule has 0 aliphatic rings. The fourth-order valence-electron chi connectivity index (χ4n) is 0.981. The molecule has 0 aliphatic heterocycles. The molecule has 2 nitrogen and oxygen atoms in total. The van der Waals surface area contributed by atoms with E-state index >= 15 is 0 Å². The number of hydrogen-bond acceptors (Lipinski definition) is 2. The van der Waals surface area contributed by atoms with E-state index in [9.17, 15) is 0 Å². The van der Waals surface area contributed by atoms with Gasteiger partial charge in [0.1, 0.15) is 11.5 Å². The first kappa shape index (κ1) is 9.93. The highest BCUT2D eigenvalue weighted by Gasteiger charge is 1.99. The number of halogens is 1. The second-order valence-electron chi connectivity index (χ2n) is 2.41. The van der Waals surface area contributed by atoms with E-state index in [0.717, 1.165) is 11.3 Å². The molecule has 3 heteroatoms. The fraction of sp³-hybridized carbons (Fsp3) is 0.200. The van der Waals surface area contributed by atoms with Crippen molar-refractivity contribution < 1.29 is 9.47 Å². The molecular weight excluding hydrogens is 188 g/mol. The van der Waals surface area contributed by atoms with Gasteiger partial charge in [0.25, 0.3) is 0 Å². The zero-order valence-electron chi connectivity index (χ0n) is 7.58. The molecule has 1 aromatic rings. The lowest BCUT2D eigenvalue weighted by Crippen LogP contribution is -1.87. The van der Waals surface area contributed by atoms with Crippen molar-refractivity contribution in [1.29, 1.82) is 0 Å². The molecule has 0 heterocycles. The maximum Gasteiger partial charge on any atom is 0.137 e. The Morgan fingerprint density at radius 2 is 1.85 bits per heavy atom. The van der Waals surface area contributed by atoms with Gasteiger partial charge in [-0.05, 0) is 24.3 Å². The van der Waals surface area contributed by atoms with Gasteiger partial charge in [-0.2, -0.15) is 0 Å². The van der Waals surface area contributed by atoms with Gasteiger partial charge in [-0.3, -0.25) is 0 Å². The second kappa shape index (κ2) is 4.77. The molecule has 0 aliphatic carbocycles. The molecule has 1 rings (SSSR count). The van der Waals surface area contributed by atoms with Crippen molar-refractivity contribution in [2.24, 2.45) is 0 Å². The molecule has 0 aromatic heterocycles. The molecule has 13 heavy (non-hydrogen) atoms. The summed E-state index contributed by atoms with van der Waals surface area (Å²) < 4.78 is 10.1. The van der Waals surface area contributed by atoms with Crippen LogP contribution in [0.5, 0.6) is 5.75 Å². The molecule has 1 aromatic carbocycles. The summed E-state index contributed by atoms with van der Waals surface area (Å²) in [5.41, 5.74) is 2.33. The molecule has 0 spiro atoms. The highest BCUT2D eigenvalue weighted by Crippen LogP contribution is 2.19. The van der Waals surface area contributed by atoms with Gasteiger partial charge < -0.3 is 9.47 Å². The van der Waals surface area contributed by atoms with Crippen LogP contribution in [0.1, 0.15) is 5.56 Å². The fourth-order valence-corrected chi connectivity index (χ4v) is 1.20. The monoisotopic (exact) mass is 198 g/mol. The summed E-state index contributed by atoms with van der Waals surface area (Å²) in [5, 5.41) is 0. The van der Waals surface area contributed by atoms with Crippen LogP contribution in [0.2, 0.25) is 0 Å². The van der Waals surface area contributed by atoms with Crippen LogP contribution in [-0.2, 0) is 4.74 Å². The smallest absolute Gasteiger partial charge is 0.137 e. The summed E-state index contributed by atoms with van der Waals surface area (Å²) in [6.45, 7) is 0. The third-order valence-electron chi connectivity index (χ3n) is 1.69. The Kier molecular flexibility index (Phi) is 3.65. The number of benzene rings is 1. The van der Waals surface area contributed by atoms with Crippen LogP contribution in [0.15, 0.2) is 29.8 Å². The molecule has 0 bridgehead atoms. The highest BCUT2D eigenvalue weighted by atomic mass is 35.5. The Labute approximate surface area is 82.7 Å². The lowest BCUT2D eigenvalue weighted by Gasteiger charge is -2.05. The summed E-state index contributed by atoms with van der Waals surface area (Å²) in [5.74, 6) is 1.46. The van der Waals surface area contributed by atoms with E-state index < -0.39 is 0 Å². The summed E-state index contributed by atoms with van der Waals surface area (Å²) in [4.78, 5) is 0. The Morgan fingerprint density at radius 1 is 1.23 bits per heavy atom. The van der Waals surface area contributed by atoms with Crippen LogP contribution in [0.4, 0.5) is 0 Å². The predicted octanol–water partition coefficient (Wildman–Crippen LogP) is 2.88. The number of ether oxygens (including phenoxy) is 2. The Morgan fingerprint density at radius 3 is 2.23 bits per heavy atom. The summed E-state index contributed by atoms with van der Waals surface area (Å²) >= 11 is 5.56. The average molecular weight is 199 g/mol. The molecule has 0 radical (unpaired) electrons. The maximum atomic E-state index is 5.56. The van der Waals surface area contributed by atoms with E-state index in [-0.39, 0.29) is 0 Å². The molecule has 0 saturated carbocycles. The largest absolute Gasteiger partial charge is 0.497 e. The van der Waals surface area contributed by atoms with Crippen molar-refractivity contribution in [3.05, 3.63) is 35.4 Å². The van der Waals surface area contributed by atoms with Crippen LogP contribution < -0.4 is 4.74 Å². The lowest BCUT2D eigenvalue weighted by molar-refractivity contribution is 0.370. The third kappa shape index (κ3) is 2.39. The number of methoxy groups -OCH3 is 2. The van der Waals surface area contributed by atoms with Crippen molar-refractivity contribution >= 4 is 17.4 Å². The van der Waals surface area contributed by atoms with Crippen molar-refractivity contribution in [3.8, 4) is 5.75 Å². The van der Waals surface area contributed by atoms with Gasteiger partial charge in [0.05, 0.1) is 14.2 Å². The van der Waals surface area contributed by atoms with Gasteiger partial charge >= 0.3 is 0 Å². The second-order valence-corrected chi connectivity index (χ2v) is 2.62. The van der Waals surface area contributed by atoms with E-state index in [1.807, 2.05) is 24.3 Å². The van der Waals surface area contributed by atoms with E-state index in [2.05, 4.69) is 0 Å². The van der Waals surface area contributed by atoms with Crippen LogP contribution >= 0.6 is 11.6 Å². The normalized spacial score (nSPS) is 11.2. The quantitative estimate of drug-likeness (QED) is 0.696. The molecule has 0 amide bonds. The minimum absolute atomic E-state index is 0.643. The number of hydrogen-bond donors (Lipinski definition) is 0. The first-order valence-corrected chi connectivity index (χ1v) is 4.24. The Hall–Kier alpha value is -1.15. The van der Waals surface area contributed by atoms with Gasteiger partial charge in [0, 0.05) is 11.1 Å². The first-order valence-electron chi connectivity index (χ1n) is 3.80. The zero-order chi connectivity index (χ0) is 9.68. The van der Waals surface area contributed by atoms with Crippen molar-refractivity contribution in [3.63, 3.8) is 0 Å². The molecule has 0 unspecified atom stereocenters. The predicted molar refractivity (Wildman–Crippen MR) is 53.8 cm³/mol. The van der Waals surface area contributed by atoms with Gasteiger partial charge in [0.2, 0.25) is 0 Å². The zero-order valence-corrected chi connectivity index (χ0v) is 8.34. The van der Waals surface area contributed by atoms with E-state index in [0.29, 0.717) is 5.76 Å². The molecule has 70 valence electrons. The van der Waals surface area contributed by atoms with Crippen LogP contribution in [-0.4, -0.2) is 14.2 Å². The van der Waals surface area contributed by atoms with Crippen LogP contribution in [0.25, 0.3) is 5.76 Å². The number of rotatable bonds is 3. The first-order chi connectivity index (χ1) is 6.31. The van der Waals surface area contributed by atoms with Crippen LogP contribution in [0.3, 0.4) is 0 Å². The minimum atomic E-state index is 0.643. The standard InChI is InChI=1S/C10H11ClO2/c1-12-9-5-3-8(4-6-9)10(7-11)13-2/h3-7H,1-2H3/b10-7+. The summed E-state index contributed by atoms with van der Waals surface area (Å²) in [6, 6.07) is 7.48. The summed E-state index contributed by atoms with van der Waals surface area (Å²) in [7, 11) is 3.21.